The number of imide groups is 1. The van der Waals surface area contributed by atoms with Gasteiger partial charge in [0.05, 0.1) is 16.2 Å². The Morgan fingerprint density at radius 1 is 0.962 bits per heavy atom. The van der Waals surface area contributed by atoms with Gasteiger partial charge in [0.2, 0.25) is 0 Å². The lowest BCUT2D eigenvalue weighted by molar-refractivity contribution is -0.119. The topological polar surface area (TPSA) is 37.4 Å². The molecule has 0 aliphatic carbocycles. The molecule has 1 heterocycles. The number of para-hydroxylation sites is 1. The standard InChI is InChI=1S/C21H20FNO2S/c1-12(2)26-19-18(15-10-9-13(3)14(4)11-15)20(24)23(21(19)25)17-8-6-5-7-16(17)22/h5-12H,1-4H3. The summed E-state index contributed by atoms with van der Waals surface area (Å²) in [6, 6.07) is 11.5. The predicted octanol–water partition coefficient (Wildman–Crippen LogP) is 4.87. The first-order chi connectivity index (χ1) is 12.3. The van der Waals surface area contributed by atoms with Gasteiger partial charge in [-0.15, -0.1) is 11.8 Å². The molecule has 0 fully saturated rings. The van der Waals surface area contributed by atoms with Crippen molar-refractivity contribution in [3.63, 3.8) is 0 Å². The SMILES string of the molecule is Cc1ccc(C2=C(SC(C)C)C(=O)N(c3ccccc3F)C2=O)cc1C. The molecule has 1 aliphatic heterocycles. The summed E-state index contributed by atoms with van der Waals surface area (Å²) in [5, 5.41) is 0.115. The number of thioether (sulfide) groups is 1. The molecule has 2 aromatic carbocycles. The van der Waals surface area contributed by atoms with Gasteiger partial charge in [0, 0.05) is 5.25 Å². The molecule has 3 nitrogen and oxygen atoms in total. The van der Waals surface area contributed by atoms with E-state index in [2.05, 4.69) is 0 Å². The van der Waals surface area contributed by atoms with Crippen LogP contribution in [0.3, 0.4) is 0 Å². The molecule has 1 aliphatic rings. The van der Waals surface area contributed by atoms with Gasteiger partial charge in [0.1, 0.15) is 5.82 Å². The highest BCUT2D eigenvalue weighted by Crippen LogP contribution is 2.40. The molecule has 3 rings (SSSR count). The number of benzene rings is 2. The van der Waals surface area contributed by atoms with E-state index in [4.69, 9.17) is 0 Å². The third kappa shape index (κ3) is 3.19. The first kappa shape index (κ1) is 18.4. The average Bonchev–Trinajstić information content (AvgIpc) is 2.81. The zero-order valence-corrected chi connectivity index (χ0v) is 16.0. The van der Waals surface area contributed by atoms with Gasteiger partial charge in [-0.2, -0.15) is 0 Å². The molecule has 0 spiro atoms. The number of amides is 2. The monoisotopic (exact) mass is 369 g/mol. The molecule has 2 aromatic rings. The van der Waals surface area contributed by atoms with Crippen LogP contribution in [0.4, 0.5) is 10.1 Å². The Labute approximate surface area is 156 Å². The van der Waals surface area contributed by atoms with Crippen LogP contribution in [-0.4, -0.2) is 17.1 Å². The molecule has 0 aromatic heterocycles. The summed E-state index contributed by atoms with van der Waals surface area (Å²) in [6.45, 7) is 7.87. The fourth-order valence-electron chi connectivity index (χ4n) is 2.86. The summed E-state index contributed by atoms with van der Waals surface area (Å²) >= 11 is 1.34. The van der Waals surface area contributed by atoms with Crippen LogP contribution in [0.1, 0.15) is 30.5 Å². The van der Waals surface area contributed by atoms with Crippen molar-refractivity contribution in [2.75, 3.05) is 4.90 Å². The zero-order valence-electron chi connectivity index (χ0n) is 15.2. The maximum absolute atomic E-state index is 14.3. The number of carbonyl (C=O) groups is 2. The highest BCUT2D eigenvalue weighted by atomic mass is 32.2. The maximum atomic E-state index is 14.3. The lowest BCUT2D eigenvalue weighted by atomic mass is 10.0. The van der Waals surface area contributed by atoms with Gasteiger partial charge in [0.15, 0.2) is 0 Å². The minimum atomic E-state index is -0.593. The lowest BCUT2D eigenvalue weighted by Crippen LogP contribution is -2.32. The van der Waals surface area contributed by atoms with Gasteiger partial charge >= 0.3 is 0 Å². The third-order valence-corrected chi connectivity index (χ3v) is 5.37. The Kier molecular flexibility index (Phi) is 5.01. The van der Waals surface area contributed by atoms with Crippen LogP contribution in [0.2, 0.25) is 0 Å². The minimum absolute atomic E-state index is 0.0109. The second-order valence-corrected chi connectivity index (χ2v) is 8.15. The molecular weight excluding hydrogens is 349 g/mol. The van der Waals surface area contributed by atoms with Crippen molar-refractivity contribution in [1.82, 2.24) is 0 Å². The van der Waals surface area contributed by atoms with E-state index in [0.29, 0.717) is 16.0 Å². The van der Waals surface area contributed by atoms with Gasteiger partial charge in [-0.25, -0.2) is 9.29 Å². The van der Waals surface area contributed by atoms with E-state index in [-0.39, 0.29) is 10.9 Å². The van der Waals surface area contributed by atoms with Crippen molar-refractivity contribution < 1.29 is 14.0 Å². The fourth-order valence-corrected chi connectivity index (χ4v) is 3.84. The summed E-state index contributed by atoms with van der Waals surface area (Å²) < 4.78 is 14.3. The van der Waals surface area contributed by atoms with Gasteiger partial charge in [-0.1, -0.05) is 44.2 Å². The van der Waals surface area contributed by atoms with Crippen LogP contribution >= 0.6 is 11.8 Å². The van der Waals surface area contributed by atoms with E-state index in [1.54, 1.807) is 6.07 Å². The van der Waals surface area contributed by atoms with Crippen molar-refractivity contribution in [3.8, 4) is 0 Å². The second-order valence-electron chi connectivity index (χ2n) is 6.57. The van der Waals surface area contributed by atoms with Gasteiger partial charge in [-0.3, -0.25) is 9.59 Å². The average molecular weight is 369 g/mol. The number of carbonyl (C=O) groups excluding carboxylic acids is 2. The third-order valence-electron chi connectivity index (χ3n) is 4.28. The van der Waals surface area contributed by atoms with Crippen LogP contribution in [0, 0.1) is 19.7 Å². The Hall–Kier alpha value is -2.40. The highest BCUT2D eigenvalue weighted by molar-refractivity contribution is 8.04. The van der Waals surface area contributed by atoms with Gasteiger partial charge < -0.3 is 0 Å². The minimum Gasteiger partial charge on any atom is -0.268 e. The van der Waals surface area contributed by atoms with Crippen molar-refractivity contribution >= 4 is 34.8 Å². The molecule has 2 amide bonds. The van der Waals surface area contributed by atoms with E-state index in [9.17, 15) is 14.0 Å². The fraction of sp³-hybridized carbons (Fsp3) is 0.238. The van der Waals surface area contributed by atoms with Gasteiger partial charge in [0.25, 0.3) is 11.8 Å². The molecule has 0 bridgehead atoms. The Bertz CT molecular complexity index is 933. The quantitative estimate of drug-likeness (QED) is 0.722. The maximum Gasteiger partial charge on any atom is 0.272 e. The van der Waals surface area contributed by atoms with Crippen molar-refractivity contribution in [1.29, 1.82) is 0 Å². The molecule has 0 saturated carbocycles. The van der Waals surface area contributed by atoms with Crippen LogP contribution in [0.15, 0.2) is 47.4 Å². The Balaban J connectivity index is 2.16. The van der Waals surface area contributed by atoms with Crippen molar-refractivity contribution in [3.05, 3.63) is 69.9 Å². The van der Waals surface area contributed by atoms with Crippen LogP contribution in [-0.2, 0) is 9.59 Å². The normalized spacial score (nSPS) is 14.8. The molecule has 0 unspecified atom stereocenters. The van der Waals surface area contributed by atoms with E-state index >= 15 is 0 Å². The molecule has 0 atom stereocenters. The van der Waals surface area contributed by atoms with Crippen molar-refractivity contribution in [2.24, 2.45) is 0 Å². The number of aryl methyl sites for hydroxylation is 2. The summed E-state index contributed by atoms with van der Waals surface area (Å²) in [4.78, 5) is 27.4. The summed E-state index contributed by atoms with van der Waals surface area (Å²) in [6.07, 6.45) is 0. The molecule has 0 radical (unpaired) electrons. The Morgan fingerprint density at radius 2 is 1.65 bits per heavy atom. The number of anilines is 1. The summed E-state index contributed by atoms with van der Waals surface area (Å²) in [5.74, 6) is -1.54. The first-order valence-electron chi connectivity index (χ1n) is 8.43. The predicted molar refractivity (Wildman–Crippen MR) is 104 cm³/mol. The van der Waals surface area contributed by atoms with E-state index in [1.807, 2.05) is 45.9 Å². The highest BCUT2D eigenvalue weighted by Gasteiger charge is 2.41. The van der Waals surface area contributed by atoms with Crippen LogP contribution in [0.25, 0.3) is 5.57 Å². The number of hydrogen-bond donors (Lipinski definition) is 0. The number of hydrogen-bond acceptors (Lipinski definition) is 3. The number of rotatable bonds is 4. The molecule has 0 saturated heterocycles. The van der Waals surface area contributed by atoms with Crippen LogP contribution in [0.5, 0.6) is 0 Å². The van der Waals surface area contributed by atoms with E-state index < -0.39 is 17.6 Å². The first-order valence-corrected chi connectivity index (χ1v) is 9.31. The van der Waals surface area contributed by atoms with E-state index in [1.165, 1.54) is 30.0 Å². The number of halogens is 1. The second kappa shape index (κ2) is 7.08. The van der Waals surface area contributed by atoms with Crippen LogP contribution < -0.4 is 4.90 Å². The largest absolute Gasteiger partial charge is 0.272 e. The number of nitrogens with zero attached hydrogens (tertiary/aromatic N) is 1. The van der Waals surface area contributed by atoms with E-state index in [0.717, 1.165) is 16.0 Å². The molecule has 5 heteroatoms. The van der Waals surface area contributed by atoms with Crippen molar-refractivity contribution in [2.45, 2.75) is 32.9 Å². The molecule has 0 N–H and O–H groups in total. The zero-order chi connectivity index (χ0) is 19.0. The lowest BCUT2D eigenvalue weighted by Gasteiger charge is -2.16. The molecular formula is C21H20FNO2S. The summed E-state index contributed by atoms with van der Waals surface area (Å²) in [7, 11) is 0. The smallest absolute Gasteiger partial charge is 0.268 e. The summed E-state index contributed by atoms with van der Waals surface area (Å²) in [5.41, 5.74) is 3.17. The molecule has 26 heavy (non-hydrogen) atoms. The Morgan fingerprint density at radius 3 is 2.27 bits per heavy atom. The van der Waals surface area contributed by atoms with Gasteiger partial charge in [-0.05, 0) is 42.7 Å². The molecule has 134 valence electrons.